The lowest BCUT2D eigenvalue weighted by atomic mass is 9.98. The van der Waals surface area contributed by atoms with Crippen molar-refractivity contribution in [2.45, 2.75) is 38.1 Å². The lowest BCUT2D eigenvalue weighted by Gasteiger charge is -2.35. The molecule has 7 nitrogen and oxygen atoms in total. The number of nitrogens with zero attached hydrogens (tertiary/aromatic N) is 4. The zero-order chi connectivity index (χ0) is 18.6. The first kappa shape index (κ1) is 17.4. The Morgan fingerprint density at radius 1 is 1.26 bits per heavy atom. The minimum atomic E-state index is -0.454. The van der Waals surface area contributed by atoms with Crippen molar-refractivity contribution in [1.29, 1.82) is 5.26 Å². The lowest BCUT2D eigenvalue weighted by molar-refractivity contribution is -0.148. The van der Waals surface area contributed by atoms with E-state index >= 15 is 0 Å². The quantitative estimate of drug-likeness (QED) is 0.826. The zero-order valence-electron chi connectivity index (χ0n) is 14.9. The molecule has 0 radical (unpaired) electrons. The van der Waals surface area contributed by atoms with Crippen LogP contribution in [0.1, 0.15) is 29.7 Å². The number of ether oxygens (including phenoxy) is 2. The molecule has 0 bridgehead atoms. The largest absolute Gasteiger partial charge is 0.470 e. The predicted molar refractivity (Wildman–Crippen MR) is 95.7 cm³/mol. The molecule has 2 atom stereocenters. The summed E-state index contributed by atoms with van der Waals surface area (Å²) in [5.41, 5.74) is 2.48. The number of carbonyl (C=O) groups is 1. The summed E-state index contributed by atoms with van der Waals surface area (Å²) < 4.78 is 11.7. The van der Waals surface area contributed by atoms with Gasteiger partial charge in [0.05, 0.1) is 13.2 Å². The summed E-state index contributed by atoms with van der Waals surface area (Å²) in [6.07, 6.45) is 4.53. The number of piperidine rings is 1. The smallest absolute Gasteiger partial charge is 0.252 e. The minimum absolute atomic E-state index is 0.00236. The Morgan fingerprint density at radius 2 is 2.07 bits per heavy atom. The second kappa shape index (κ2) is 7.72. The predicted octanol–water partition coefficient (Wildman–Crippen LogP) is 1.86. The highest BCUT2D eigenvalue weighted by Gasteiger charge is 2.33. The van der Waals surface area contributed by atoms with E-state index in [0.717, 1.165) is 18.4 Å². The van der Waals surface area contributed by atoms with Gasteiger partial charge < -0.3 is 14.4 Å². The Bertz CT molecular complexity index is 880. The molecule has 1 aromatic carbocycles. The van der Waals surface area contributed by atoms with E-state index in [2.05, 4.69) is 16.0 Å². The number of likely N-dealkylation sites (tertiary alicyclic amines) is 1. The second-order valence-corrected chi connectivity index (χ2v) is 6.76. The van der Waals surface area contributed by atoms with Gasteiger partial charge in [0.2, 0.25) is 5.69 Å². The van der Waals surface area contributed by atoms with Crippen LogP contribution in [0.5, 0.6) is 5.88 Å². The first-order valence-corrected chi connectivity index (χ1v) is 9.09. The molecule has 1 amide bonds. The number of rotatable bonds is 3. The lowest BCUT2D eigenvalue weighted by Crippen LogP contribution is -2.50. The molecule has 27 heavy (non-hydrogen) atoms. The van der Waals surface area contributed by atoms with Crippen LogP contribution in [-0.4, -0.2) is 46.1 Å². The van der Waals surface area contributed by atoms with Gasteiger partial charge in [-0.25, -0.2) is 9.97 Å². The van der Waals surface area contributed by atoms with E-state index in [0.29, 0.717) is 26.1 Å². The molecule has 1 fully saturated rings. The number of nitriles is 1. The Balaban J connectivity index is 1.41. The molecule has 0 unspecified atom stereocenters. The Morgan fingerprint density at radius 3 is 2.93 bits per heavy atom. The maximum Gasteiger partial charge on any atom is 0.252 e. The molecule has 0 aliphatic carbocycles. The molecule has 0 saturated carbocycles. The van der Waals surface area contributed by atoms with E-state index in [1.807, 2.05) is 24.3 Å². The number of hydrogen-bond donors (Lipinski definition) is 0. The van der Waals surface area contributed by atoms with Gasteiger partial charge in [-0.05, 0) is 24.0 Å². The van der Waals surface area contributed by atoms with E-state index in [9.17, 15) is 4.79 Å². The number of amides is 1. The van der Waals surface area contributed by atoms with Gasteiger partial charge in [0.1, 0.15) is 18.3 Å². The molecule has 138 valence electrons. The summed E-state index contributed by atoms with van der Waals surface area (Å²) in [5.74, 6) is 0.222. The third-order valence-electron chi connectivity index (χ3n) is 4.98. The van der Waals surface area contributed by atoms with E-state index in [4.69, 9.17) is 14.7 Å². The van der Waals surface area contributed by atoms with Crippen molar-refractivity contribution in [3.8, 4) is 11.9 Å². The molecule has 0 spiro atoms. The third-order valence-corrected chi connectivity index (χ3v) is 4.98. The number of benzene rings is 1. The molecular weight excluding hydrogens is 344 g/mol. The second-order valence-electron chi connectivity index (χ2n) is 6.76. The first-order valence-electron chi connectivity index (χ1n) is 9.09. The van der Waals surface area contributed by atoms with Gasteiger partial charge in [-0.15, -0.1) is 0 Å². The monoisotopic (exact) mass is 364 g/mol. The van der Waals surface area contributed by atoms with Crippen molar-refractivity contribution in [3.05, 3.63) is 53.5 Å². The van der Waals surface area contributed by atoms with Crippen LogP contribution in [0.2, 0.25) is 0 Å². The maximum absolute atomic E-state index is 12.9. The van der Waals surface area contributed by atoms with Crippen molar-refractivity contribution < 1.29 is 14.3 Å². The summed E-state index contributed by atoms with van der Waals surface area (Å²) in [6.45, 7) is 1.61. The molecule has 3 heterocycles. The topological polar surface area (TPSA) is 88.3 Å². The molecule has 2 aromatic rings. The highest BCUT2D eigenvalue weighted by atomic mass is 16.5. The van der Waals surface area contributed by atoms with Crippen LogP contribution < -0.4 is 4.74 Å². The fraction of sp³-hybridized carbons (Fsp3) is 0.400. The van der Waals surface area contributed by atoms with Crippen molar-refractivity contribution >= 4 is 5.91 Å². The van der Waals surface area contributed by atoms with Gasteiger partial charge in [-0.3, -0.25) is 4.79 Å². The van der Waals surface area contributed by atoms with Gasteiger partial charge in [-0.2, -0.15) is 5.26 Å². The van der Waals surface area contributed by atoms with Crippen molar-refractivity contribution in [2.75, 3.05) is 13.1 Å². The minimum Gasteiger partial charge on any atom is -0.470 e. The fourth-order valence-electron chi connectivity index (χ4n) is 3.59. The van der Waals surface area contributed by atoms with Crippen LogP contribution in [0.3, 0.4) is 0 Å². The van der Waals surface area contributed by atoms with Gasteiger partial charge >= 0.3 is 0 Å². The first-order chi connectivity index (χ1) is 13.2. The molecule has 1 saturated heterocycles. The normalized spacial score (nSPS) is 21.8. The number of aromatic nitrogens is 2. The van der Waals surface area contributed by atoms with Crippen LogP contribution in [0.25, 0.3) is 0 Å². The van der Waals surface area contributed by atoms with Crippen LogP contribution in [0.15, 0.2) is 36.7 Å². The SMILES string of the molecule is N#Cc1nccnc1O[C@H]1CCCN(C(=O)[C@H]2Cc3ccccc3CO2)C1. The summed E-state index contributed by atoms with van der Waals surface area (Å²) in [6, 6.07) is 10.0. The van der Waals surface area contributed by atoms with E-state index in [1.54, 1.807) is 4.90 Å². The van der Waals surface area contributed by atoms with Crippen molar-refractivity contribution in [3.63, 3.8) is 0 Å². The van der Waals surface area contributed by atoms with Crippen LogP contribution in [0, 0.1) is 11.3 Å². The molecule has 4 rings (SSSR count). The Kier molecular flexibility index (Phi) is 4.99. The third kappa shape index (κ3) is 3.76. The molecule has 0 N–H and O–H groups in total. The highest BCUT2D eigenvalue weighted by molar-refractivity contribution is 5.81. The van der Waals surface area contributed by atoms with Gasteiger partial charge in [0.15, 0.2) is 0 Å². The van der Waals surface area contributed by atoms with Crippen LogP contribution in [-0.2, 0) is 22.6 Å². The van der Waals surface area contributed by atoms with Gasteiger partial charge in [-0.1, -0.05) is 24.3 Å². The molecular formula is C20H20N4O3. The van der Waals surface area contributed by atoms with Crippen molar-refractivity contribution in [1.82, 2.24) is 14.9 Å². The summed E-state index contributed by atoms with van der Waals surface area (Å²) in [4.78, 5) is 22.8. The average molecular weight is 364 g/mol. The fourth-order valence-corrected chi connectivity index (χ4v) is 3.59. The number of carbonyl (C=O) groups excluding carboxylic acids is 1. The summed E-state index contributed by atoms with van der Waals surface area (Å²) in [5, 5.41) is 9.12. The Hall–Kier alpha value is -2.98. The van der Waals surface area contributed by atoms with E-state index in [1.165, 1.54) is 18.0 Å². The Labute approximate surface area is 157 Å². The standard InChI is InChI=1S/C20H20N4O3/c21-11-17-19(23-8-7-22-17)27-16-6-3-9-24(12-16)20(25)18-10-14-4-1-2-5-15(14)13-26-18/h1-2,4-5,7-8,16,18H,3,6,9-10,12-13H2/t16-,18+/m0/s1. The average Bonchev–Trinajstić information content (AvgIpc) is 2.73. The summed E-state index contributed by atoms with van der Waals surface area (Å²) in [7, 11) is 0. The van der Waals surface area contributed by atoms with Gasteiger partial charge in [0.25, 0.3) is 11.8 Å². The van der Waals surface area contributed by atoms with Crippen LogP contribution in [0.4, 0.5) is 0 Å². The molecule has 2 aliphatic heterocycles. The van der Waals surface area contributed by atoms with E-state index < -0.39 is 6.10 Å². The van der Waals surface area contributed by atoms with Gasteiger partial charge in [0, 0.05) is 25.4 Å². The molecule has 1 aromatic heterocycles. The zero-order valence-corrected chi connectivity index (χ0v) is 14.9. The molecule has 2 aliphatic rings. The van der Waals surface area contributed by atoms with Crippen LogP contribution >= 0.6 is 0 Å². The van der Waals surface area contributed by atoms with E-state index in [-0.39, 0.29) is 23.6 Å². The number of hydrogen-bond acceptors (Lipinski definition) is 6. The number of fused-ring (bicyclic) bond motifs is 1. The molecule has 7 heteroatoms. The van der Waals surface area contributed by atoms with Crippen molar-refractivity contribution in [2.24, 2.45) is 0 Å². The summed E-state index contributed by atoms with van der Waals surface area (Å²) >= 11 is 0. The highest BCUT2D eigenvalue weighted by Crippen LogP contribution is 2.24. The maximum atomic E-state index is 12.9.